The molecule has 0 saturated carbocycles. The summed E-state index contributed by atoms with van der Waals surface area (Å²) in [7, 11) is 1.86. The van der Waals surface area contributed by atoms with E-state index in [2.05, 4.69) is 4.90 Å². The molecule has 1 saturated heterocycles. The topological polar surface area (TPSA) is 69.8 Å². The van der Waals surface area contributed by atoms with Crippen molar-refractivity contribution in [3.63, 3.8) is 0 Å². The van der Waals surface area contributed by atoms with Gasteiger partial charge < -0.3 is 5.11 Å². The molecule has 1 unspecified atom stereocenters. The molecule has 1 aliphatic rings. The fourth-order valence-corrected chi connectivity index (χ4v) is 2.69. The van der Waals surface area contributed by atoms with Crippen molar-refractivity contribution in [2.75, 3.05) is 39.8 Å². The lowest BCUT2D eigenvalue weighted by molar-refractivity contribution is -0.573. The van der Waals surface area contributed by atoms with Crippen LogP contribution < -0.4 is 0 Å². The molecule has 0 bridgehead atoms. The number of nitro groups is 1. The van der Waals surface area contributed by atoms with E-state index in [-0.39, 0.29) is 18.0 Å². The molecule has 0 amide bonds. The number of hydrogen-bond acceptors (Lipinski definition) is 5. The van der Waals surface area contributed by atoms with Crippen LogP contribution in [0.15, 0.2) is 30.3 Å². The largest absolute Gasteiger partial charge is 0.389 e. The summed E-state index contributed by atoms with van der Waals surface area (Å²) in [4.78, 5) is 15.0. The summed E-state index contributed by atoms with van der Waals surface area (Å²) in [6, 6.07) is 9.91. The van der Waals surface area contributed by atoms with E-state index >= 15 is 0 Å². The van der Waals surface area contributed by atoms with Crippen LogP contribution in [-0.2, 0) is 6.54 Å². The van der Waals surface area contributed by atoms with Crippen LogP contribution in [0.3, 0.4) is 0 Å². The third-order valence-electron chi connectivity index (χ3n) is 3.81. The highest BCUT2D eigenvalue weighted by Gasteiger charge is 2.46. The Labute approximate surface area is 118 Å². The first kappa shape index (κ1) is 14.9. The molecule has 1 aliphatic heterocycles. The van der Waals surface area contributed by atoms with Crippen molar-refractivity contribution < 1.29 is 10.0 Å². The Hall–Kier alpha value is -1.50. The van der Waals surface area contributed by atoms with Crippen molar-refractivity contribution in [2.24, 2.45) is 0 Å². The molecule has 0 aromatic heterocycles. The van der Waals surface area contributed by atoms with Crippen LogP contribution in [0.2, 0.25) is 0 Å². The van der Waals surface area contributed by atoms with Gasteiger partial charge in [-0.25, -0.2) is 0 Å². The summed E-state index contributed by atoms with van der Waals surface area (Å²) in [6.07, 6.45) is 0. The molecule has 6 heteroatoms. The van der Waals surface area contributed by atoms with Gasteiger partial charge in [0, 0.05) is 24.6 Å². The van der Waals surface area contributed by atoms with E-state index in [0.29, 0.717) is 6.54 Å². The van der Waals surface area contributed by atoms with Crippen molar-refractivity contribution in [2.45, 2.75) is 12.1 Å². The second-order valence-corrected chi connectivity index (χ2v) is 5.57. The first-order valence-electron chi connectivity index (χ1n) is 6.76. The number of likely N-dealkylation sites (N-methyl/N-ethyl adjacent to an activating group) is 1. The zero-order chi connectivity index (χ0) is 14.6. The standard InChI is InChI=1S/C14H21N3O3/c1-15-7-8-16(9-13-5-3-2-4-6-13)11-14(10-15,12-18)17(19)20/h2-6,18H,7-12H2,1H3. The summed E-state index contributed by atoms with van der Waals surface area (Å²) in [5, 5.41) is 20.9. The van der Waals surface area contributed by atoms with E-state index in [1.54, 1.807) is 0 Å². The second kappa shape index (κ2) is 6.30. The highest BCUT2D eigenvalue weighted by molar-refractivity contribution is 5.14. The summed E-state index contributed by atoms with van der Waals surface area (Å²) < 4.78 is 0. The van der Waals surface area contributed by atoms with Crippen LogP contribution in [0.1, 0.15) is 5.56 Å². The SMILES string of the molecule is CN1CCN(Cc2ccccc2)CC(CO)([N+](=O)[O-])C1. The van der Waals surface area contributed by atoms with Crippen LogP contribution in [0.5, 0.6) is 0 Å². The highest BCUT2D eigenvalue weighted by atomic mass is 16.6. The molecule has 0 spiro atoms. The molecule has 0 aliphatic carbocycles. The normalized spacial score (nSPS) is 25.3. The summed E-state index contributed by atoms with van der Waals surface area (Å²) in [6.45, 7) is 2.32. The van der Waals surface area contributed by atoms with Crippen LogP contribution in [0.25, 0.3) is 0 Å². The monoisotopic (exact) mass is 279 g/mol. The molecule has 110 valence electrons. The van der Waals surface area contributed by atoms with E-state index in [1.165, 1.54) is 0 Å². The minimum absolute atomic E-state index is 0.274. The maximum absolute atomic E-state index is 11.4. The average molecular weight is 279 g/mol. The first-order chi connectivity index (χ1) is 9.55. The lowest BCUT2D eigenvalue weighted by Gasteiger charge is -2.28. The number of benzene rings is 1. The number of rotatable bonds is 4. The third-order valence-corrected chi connectivity index (χ3v) is 3.81. The zero-order valence-corrected chi connectivity index (χ0v) is 11.7. The van der Waals surface area contributed by atoms with Gasteiger partial charge >= 0.3 is 0 Å². The van der Waals surface area contributed by atoms with E-state index in [0.717, 1.165) is 18.7 Å². The molecule has 1 aromatic rings. The van der Waals surface area contributed by atoms with Crippen LogP contribution in [-0.4, -0.2) is 65.2 Å². The lowest BCUT2D eigenvalue weighted by atomic mass is 10.0. The van der Waals surface area contributed by atoms with Crippen molar-refractivity contribution in [1.29, 1.82) is 0 Å². The molecule has 0 radical (unpaired) electrons. The van der Waals surface area contributed by atoms with Crippen molar-refractivity contribution in [3.05, 3.63) is 46.0 Å². The predicted molar refractivity (Wildman–Crippen MR) is 76.0 cm³/mol. The van der Waals surface area contributed by atoms with E-state index in [9.17, 15) is 15.2 Å². The van der Waals surface area contributed by atoms with Gasteiger partial charge in [0.15, 0.2) is 0 Å². The summed E-state index contributed by atoms with van der Waals surface area (Å²) >= 11 is 0. The van der Waals surface area contributed by atoms with E-state index < -0.39 is 12.1 Å². The van der Waals surface area contributed by atoms with Gasteiger partial charge in [-0.05, 0) is 12.6 Å². The molecule has 1 heterocycles. The molecular weight excluding hydrogens is 258 g/mol. The van der Waals surface area contributed by atoms with Crippen molar-refractivity contribution in [3.8, 4) is 0 Å². The van der Waals surface area contributed by atoms with Crippen molar-refractivity contribution >= 4 is 0 Å². The van der Waals surface area contributed by atoms with Crippen molar-refractivity contribution in [1.82, 2.24) is 9.80 Å². The molecular formula is C14H21N3O3. The van der Waals surface area contributed by atoms with Crippen LogP contribution in [0.4, 0.5) is 0 Å². The number of aliphatic hydroxyl groups is 1. The number of nitrogens with zero attached hydrogens (tertiary/aromatic N) is 3. The Kier molecular flexibility index (Phi) is 4.69. The molecule has 1 N–H and O–H groups in total. The number of hydrogen-bond donors (Lipinski definition) is 1. The van der Waals surface area contributed by atoms with Gasteiger partial charge in [-0.3, -0.25) is 19.9 Å². The molecule has 1 aromatic carbocycles. The van der Waals surface area contributed by atoms with Gasteiger partial charge in [0.2, 0.25) is 0 Å². The van der Waals surface area contributed by atoms with E-state index in [4.69, 9.17) is 0 Å². The molecule has 20 heavy (non-hydrogen) atoms. The quantitative estimate of drug-likeness (QED) is 0.640. The fraction of sp³-hybridized carbons (Fsp3) is 0.571. The van der Waals surface area contributed by atoms with E-state index in [1.807, 2.05) is 42.3 Å². The average Bonchev–Trinajstić information content (AvgIpc) is 2.60. The maximum Gasteiger partial charge on any atom is 0.269 e. The lowest BCUT2D eigenvalue weighted by Crippen LogP contribution is -2.55. The Bertz CT molecular complexity index is 454. The zero-order valence-electron chi connectivity index (χ0n) is 11.7. The predicted octanol–water partition coefficient (Wildman–Crippen LogP) is 0.442. The molecule has 6 nitrogen and oxygen atoms in total. The van der Waals surface area contributed by atoms with Crippen LogP contribution >= 0.6 is 0 Å². The maximum atomic E-state index is 11.4. The summed E-state index contributed by atoms with van der Waals surface area (Å²) in [5.41, 5.74) is -0.160. The Morgan fingerprint density at radius 2 is 2.00 bits per heavy atom. The third kappa shape index (κ3) is 3.33. The van der Waals surface area contributed by atoms with Gasteiger partial charge in [0.25, 0.3) is 5.54 Å². The Morgan fingerprint density at radius 3 is 2.60 bits per heavy atom. The Balaban J connectivity index is 2.15. The fourth-order valence-electron chi connectivity index (χ4n) is 2.69. The van der Waals surface area contributed by atoms with Crippen LogP contribution in [0, 0.1) is 10.1 Å². The molecule has 1 fully saturated rings. The van der Waals surface area contributed by atoms with Gasteiger partial charge in [0.1, 0.15) is 6.61 Å². The molecule has 1 atom stereocenters. The highest BCUT2D eigenvalue weighted by Crippen LogP contribution is 2.18. The molecule has 2 rings (SSSR count). The van der Waals surface area contributed by atoms with Gasteiger partial charge in [-0.1, -0.05) is 30.3 Å². The second-order valence-electron chi connectivity index (χ2n) is 5.57. The summed E-state index contributed by atoms with van der Waals surface area (Å²) in [5.74, 6) is 0. The minimum Gasteiger partial charge on any atom is -0.389 e. The van der Waals surface area contributed by atoms with Gasteiger partial charge in [-0.2, -0.15) is 0 Å². The smallest absolute Gasteiger partial charge is 0.269 e. The Morgan fingerprint density at radius 1 is 1.30 bits per heavy atom. The van der Waals surface area contributed by atoms with Gasteiger partial charge in [0.05, 0.1) is 13.1 Å². The number of aliphatic hydroxyl groups excluding tert-OH is 1. The minimum atomic E-state index is -1.29. The first-order valence-corrected chi connectivity index (χ1v) is 6.76. The van der Waals surface area contributed by atoms with Gasteiger partial charge in [-0.15, -0.1) is 0 Å².